The lowest BCUT2D eigenvalue weighted by Crippen LogP contribution is -2.52. The number of piperidine rings is 1. The number of anilines is 2. The van der Waals surface area contributed by atoms with Crippen molar-refractivity contribution in [2.45, 2.75) is 12.8 Å². The Morgan fingerprint density at radius 3 is 2.41 bits per heavy atom. The van der Waals surface area contributed by atoms with Crippen LogP contribution in [0.1, 0.15) is 12.8 Å². The first-order valence-electron chi connectivity index (χ1n) is 9.54. The molecule has 27 heavy (non-hydrogen) atoms. The van der Waals surface area contributed by atoms with Crippen molar-refractivity contribution in [1.82, 2.24) is 15.1 Å². The van der Waals surface area contributed by atoms with Gasteiger partial charge in [0.15, 0.2) is 11.0 Å². The second kappa shape index (κ2) is 8.13. The quantitative estimate of drug-likeness (QED) is 0.813. The summed E-state index contributed by atoms with van der Waals surface area (Å²) < 4.78 is 0. The van der Waals surface area contributed by atoms with Crippen molar-refractivity contribution in [3.05, 3.63) is 47.6 Å². The predicted molar refractivity (Wildman–Crippen MR) is 107 cm³/mol. The zero-order valence-electron chi connectivity index (χ0n) is 15.3. The Balaban J connectivity index is 1.35. The summed E-state index contributed by atoms with van der Waals surface area (Å²) >= 11 is 5.83. The Bertz CT molecular complexity index is 762. The molecule has 1 aromatic carbocycles. The van der Waals surface area contributed by atoms with E-state index < -0.39 is 0 Å². The van der Waals surface area contributed by atoms with E-state index in [1.165, 1.54) is 5.69 Å². The standard InChI is InChI=1S/C20H24ClN5O/c21-18-8-9-19(23-22-18)26-10-4-5-16(15-26)20(27)25-13-11-24(12-14-25)17-6-2-1-3-7-17/h1-3,6-9,16H,4-5,10-15H2/t16-/m0/s1. The molecule has 2 aliphatic rings. The third-order valence-corrected chi connectivity index (χ3v) is 5.63. The molecule has 2 saturated heterocycles. The molecule has 1 atom stereocenters. The molecule has 1 aromatic heterocycles. The molecule has 3 heterocycles. The Morgan fingerprint density at radius 1 is 0.926 bits per heavy atom. The van der Waals surface area contributed by atoms with Crippen molar-refractivity contribution in [3.63, 3.8) is 0 Å². The number of carbonyl (C=O) groups is 1. The van der Waals surface area contributed by atoms with E-state index >= 15 is 0 Å². The third kappa shape index (κ3) is 4.16. The zero-order valence-corrected chi connectivity index (χ0v) is 16.1. The summed E-state index contributed by atoms with van der Waals surface area (Å²) in [5, 5.41) is 8.48. The normalized spacial score (nSPS) is 20.6. The molecule has 1 amide bonds. The fraction of sp³-hybridized carbons (Fsp3) is 0.450. The average Bonchev–Trinajstić information content (AvgIpc) is 2.75. The van der Waals surface area contributed by atoms with Crippen LogP contribution >= 0.6 is 11.6 Å². The van der Waals surface area contributed by atoms with Gasteiger partial charge >= 0.3 is 0 Å². The molecular weight excluding hydrogens is 362 g/mol. The van der Waals surface area contributed by atoms with Gasteiger partial charge in [-0.15, -0.1) is 10.2 Å². The van der Waals surface area contributed by atoms with Gasteiger partial charge in [-0.25, -0.2) is 0 Å². The molecule has 0 bridgehead atoms. The summed E-state index contributed by atoms with van der Waals surface area (Å²) in [6.07, 6.45) is 1.93. The van der Waals surface area contributed by atoms with Gasteiger partial charge in [-0.2, -0.15) is 0 Å². The third-order valence-electron chi connectivity index (χ3n) is 5.43. The van der Waals surface area contributed by atoms with E-state index in [0.717, 1.165) is 51.4 Å². The van der Waals surface area contributed by atoms with Crippen LogP contribution in [0.5, 0.6) is 0 Å². The van der Waals surface area contributed by atoms with Crippen molar-refractivity contribution < 1.29 is 4.79 Å². The number of amides is 1. The average molecular weight is 386 g/mol. The minimum absolute atomic E-state index is 0.0273. The highest BCUT2D eigenvalue weighted by Gasteiger charge is 2.31. The fourth-order valence-electron chi connectivity index (χ4n) is 3.95. The molecule has 0 aliphatic carbocycles. The molecule has 2 aliphatic heterocycles. The number of aromatic nitrogens is 2. The van der Waals surface area contributed by atoms with Crippen LogP contribution in [-0.4, -0.2) is 60.3 Å². The molecule has 6 nitrogen and oxygen atoms in total. The molecule has 4 rings (SSSR count). The lowest BCUT2D eigenvalue weighted by Gasteiger charge is -2.39. The van der Waals surface area contributed by atoms with Crippen molar-refractivity contribution in [3.8, 4) is 0 Å². The van der Waals surface area contributed by atoms with Gasteiger partial charge in [0.25, 0.3) is 0 Å². The van der Waals surface area contributed by atoms with Crippen LogP contribution in [0, 0.1) is 5.92 Å². The first-order valence-corrected chi connectivity index (χ1v) is 9.91. The monoisotopic (exact) mass is 385 g/mol. The summed E-state index contributed by atoms with van der Waals surface area (Å²) in [6.45, 7) is 4.94. The number of hydrogen-bond acceptors (Lipinski definition) is 5. The van der Waals surface area contributed by atoms with Crippen LogP contribution in [0.3, 0.4) is 0 Å². The lowest BCUT2D eigenvalue weighted by atomic mass is 9.96. The topological polar surface area (TPSA) is 52.6 Å². The number of halogens is 1. The second-order valence-electron chi connectivity index (χ2n) is 7.15. The maximum atomic E-state index is 13.1. The Labute approximate surface area is 164 Å². The molecule has 0 unspecified atom stereocenters. The van der Waals surface area contributed by atoms with Gasteiger partial charge in [0, 0.05) is 45.0 Å². The minimum Gasteiger partial charge on any atom is -0.368 e. The highest BCUT2D eigenvalue weighted by Crippen LogP contribution is 2.24. The number of rotatable bonds is 3. The summed E-state index contributed by atoms with van der Waals surface area (Å²) in [4.78, 5) is 19.6. The lowest BCUT2D eigenvalue weighted by molar-refractivity contribution is -0.136. The van der Waals surface area contributed by atoms with E-state index in [1.54, 1.807) is 6.07 Å². The Morgan fingerprint density at radius 2 is 1.70 bits per heavy atom. The molecular formula is C20H24ClN5O. The van der Waals surface area contributed by atoms with Crippen LogP contribution in [-0.2, 0) is 4.79 Å². The fourth-order valence-corrected chi connectivity index (χ4v) is 4.05. The van der Waals surface area contributed by atoms with E-state index in [0.29, 0.717) is 11.7 Å². The summed E-state index contributed by atoms with van der Waals surface area (Å²) in [6, 6.07) is 14.0. The molecule has 0 N–H and O–H groups in total. The number of para-hydroxylation sites is 1. The predicted octanol–water partition coefficient (Wildman–Crippen LogP) is 2.70. The molecule has 7 heteroatoms. The van der Waals surface area contributed by atoms with Crippen molar-refractivity contribution in [2.24, 2.45) is 5.92 Å². The highest BCUT2D eigenvalue weighted by molar-refractivity contribution is 6.29. The van der Waals surface area contributed by atoms with Crippen LogP contribution in [0.4, 0.5) is 11.5 Å². The largest absolute Gasteiger partial charge is 0.368 e. The van der Waals surface area contributed by atoms with Gasteiger partial charge in [-0.3, -0.25) is 4.79 Å². The van der Waals surface area contributed by atoms with Gasteiger partial charge in [0.2, 0.25) is 5.91 Å². The minimum atomic E-state index is 0.0273. The molecule has 0 spiro atoms. The number of carbonyl (C=O) groups excluding carboxylic acids is 1. The van der Waals surface area contributed by atoms with E-state index in [1.807, 2.05) is 17.0 Å². The van der Waals surface area contributed by atoms with E-state index in [2.05, 4.69) is 44.3 Å². The first-order chi connectivity index (χ1) is 13.2. The second-order valence-corrected chi connectivity index (χ2v) is 7.53. The van der Waals surface area contributed by atoms with Crippen molar-refractivity contribution >= 4 is 29.0 Å². The zero-order chi connectivity index (χ0) is 18.6. The maximum Gasteiger partial charge on any atom is 0.227 e. The van der Waals surface area contributed by atoms with E-state index in [9.17, 15) is 4.79 Å². The SMILES string of the molecule is O=C([C@H]1CCCN(c2ccc(Cl)nn2)C1)N1CCN(c2ccccc2)CC1. The van der Waals surface area contributed by atoms with E-state index in [4.69, 9.17) is 11.6 Å². The number of nitrogens with zero attached hydrogens (tertiary/aromatic N) is 5. The van der Waals surface area contributed by atoms with Gasteiger partial charge in [-0.05, 0) is 37.1 Å². The molecule has 0 radical (unpaired) electrons. The molecule has 0 saturated carbocycles. The van der Waals surface area contributed by atoms with Crippen LogP contribution in [0.15, 0.2) is 42.5 Å². The van der Waals surface area contributed by atoms with E-state index in [-0.39, 0.29) is 11.8 Å². The van der Waals surface area contributed by atoms with Gasteiger partial charge in [0.05, 0.1) is 5.92 Å². The summed E-state index contributed by atoms with van der Waals surface area (Å²) in [5.74, 6) is 1.10. The van der Waals surface area contributed by atoms with Crippen LogP contribution < -0.4 is 9.80 Å². The summed E-state index contributed by atoms with van der Waals surface area (Å²) in [5.41, 5.74) is 1.23. The first kappa shape index (κ1) is 18.0. The molecule has 2 aromatic rings. The Kier molecular flexibility index (Phi) is 5.43. The number of piperazine rings is 1. The van der Waals surface area contributed by atoms with Gasteiger partial charge in [0.1, 0.15) is 0 Å². The molecule has 142 valence electrons. The van der Waals surface area contributed by atoms with Gasteiger partial charge in [-0.1, -0.05) is 29.8 Å². The van der Waals surface area contributed by atoms with Gasteiger partial charge < -0.3 is 14.7 Å². The van der Waals surface area contributed by atoms with Crippen molar-refractivity contribution in [1.29, 1.82) is 0 Å². The maximum absolute atomic E-state index is 13.1. The molecule has 2 fully saturated rings. The summed E-state index contributed by atoms with van der Waals surface area (Å²) in [7, 11) is 0. The van der Waals surface area contributed by atoms with Crippen LogP contribution in [0.25, 0.3) is 0 Å². The Hall–Kier alpha value is -2.34. The van der Waals surface area contributed by atoms with Crippen molar-refractivity contribution in [2.75, 3.05) is 49.1 Å². The van der Waals surface area contributed by atoms with Crippen LogP contribution in [0.2, 0.25) is 5.15 Å². The highest BCUT2D eigenvalue weighted by atomic mass is 35.5. The number of benzene rings is 1. The smallest absolute Gasteiger partial charge is 0.227 e. The number of hydrogen-bond donors (Lipinski definition) is 0.